The molecule has 2 rings (SSSR count). The molecule has 0 N–H and O–H groups in total. The Kier molecular flexibility index (Phi) is 1.39. The molecule has 0 aromatic heterocycles. The van der Waals surface area contributed by atoms with Crippen LogP contribution < -0.4 is 0 Å². The van der Waals surface area contributed by atoms with Gasteiger partial charge in [0.2, 0.25) is 0 Å². The summed E-state index contributed by atoms with van der Waals surface area (Å²) >= 11 is 0. The first-order chi connectivity index (χ1) is 4.88. The Labute approximate surface area is 60.8 Å². The molecule has 2 nitrogen and oxygen atoms in total. The molecule has 2 bridgehead atoms. The van der Waals surface area contributed by atoms with E-state index >= 15 is 0 Å². The monoisotopic (exact) mass is 137 g/mol. The van der Waals surface area contributed by atoms with Gasteiger partial charge < -0.3 is 4.74 Å². The van der Waals surface area contributed by atoms with Gasteiger partial charge >= 0.3 is 0 Å². The Balaban J connectivity index is 2.04. The Morgan fingerprint density at radius 1 is 1.20 bits per heavy atom. The Bertz CT molecular complexity index is 161. The second-order valence-corrected chi connectivity index (χ2v) is 3.25. The van der Waals surface area contributed by atoms with Crippen LogP contribution in [0.5, 0.6) is 0 Å². The molecule has 2 fully saturated rings. The number of nitriles is 1. The Hall–Kier alpha value is -0.550. The van der Waals surface area contributed by atoms with Gasteiger partial charge in [-0.2, -0.15) is 5.26 Å². The largest absolute Gasteiger partial charge is 0.375 e. The molecule has 2 heterocycles. The molecule has 0 saturated carbocycles. The van der Waals surface area contributed by atoms with Gasteiger partial charge in [-0.25, -0.2) is 0 Å². The predicted molar refractivity (Wildman–Crippen MR) is 36.2 cm³/mol. The minimum atomic E-state index is 0.284. The van der Waals surface area contributed by atoms with Crippen LogP contribution in [0.25, 0.3) is 0 Å². The summed E-state index contributed by atoms with van der Waals surface area (Å²) < 4.78 is 5.58. The normalized spacial score (nSPS) is 44.9. The highest BCUT2D eigenvalue weighted by Gasteiger charge is 2.34. The third kappa shape index (κ3) is 0.911. The SMILES string of the molecule is N#CC1CC2CCC(C1)O2. The number of ether oxygens (including phenoxy) is 1. The van der Waals surface area contributed by atoms with Crippen LogP contribution in [0.15, 0.2) is 0 Å². The van der Waals surface area contributed by atoms with Crippen LogP contribution in [0, 0.1) is 17.2 Å². The van der Waals surface area contributed by atoms with E-state index in [1.807, 2.05) is 0 Å². The van der Waals surface area contributed by atoms with Gasteiger partial charge in [0.25, 0.3) is 0 Å². The molecule has 2 heteroatoms. The molecular formula is C8H11NO. The maximum absolute atomic E-state index is 8.65. The number of nitrogens with zero attached hydrogens (tertiary/aromatic N) is 1. The highest BCUT2D eigenvalue weighted by atomic mass is 16.5. The standard InChI is InChI=1S/C8H11NO/c9-5-6-3-7-1-2-8(4-6)10-7/h6-8H,1-4H2. The van der Waals surface area contributed by atoms with Gasteiger partial charge in [-0.1, -0.05) is 0 Å². The lowest BCUT2D eigenvalue weighted by Crippen LogP contribution is -2.23. The van der Waals surface area contributed by atoms with E-state index in [9.17, 15) is 0 Å². The van der Waals surface area contributed by atoms with Crippen molar-refractivity contribution in [3.05, 3.63) is 0 Å². The van der Waals surface area contributed by atoms with Crippen LogP contribution in [0.4, 0.5) is 0 Å². The number of hydrogen-bond donors (Lipinski definition) is 0. The first-order valence-electron chi connectivity index (χ1n) is 3.93. The van der Waals surface area contributed by atoms with Crippen molar-refractivity contribution < 1.29 is 4.74 Å². The van der Waals surface area contributed by atoms with Crippen molar-refractivity contribution in [1.82, 2.24) is 0 Å². The highest BCUT2D eigenvalue weighted by Crippen LogP contribution is 2.35. The van der Waals surface area contributed by atoms with Crippen LogP contribution in [-0.4, -0.2) is 12.2 Å². The van der Waals surface area contributed by atoms with Crippen molar-refractivity contribution in [2.45, 2.75) is 37.9 Å². The van der Waals surface area contributed by atoms with Gasteiger partial charge in [-0.3, -0.25) is 0 Å². The molecule has 0 aromatic carbocycles. The lowest BCUT2D eigenvalue weighted by Gasteiger charge is -2.23. The topological polar surface area (TPSA) is 33.0 Å². The van der Waals surface area contributed by atoms with E-state index in [0.717, 1.165) is 12.8 Å². The highest BCUT2D eigenvalue weighted by molar-refractivity contribution is 4.93. The van der Waals surface area contributed by atoms with Crippen LogP contribution in [0.3, 0.4) is 0 Å². The molecule has 2 atom stereocenters. The zero-order valence-electron chi connectivity index (χ0n) is 5.92. The van der Waals surface area contributed by atoms with E-state index in [-0.39, 0.29) is 5.92 Å². The van der Waals surface area contributed by atoms with Crippen molar-refractivity contribution in [3.8, 4) is 6.07 Å². The summed E-state index contributed by atoms with van der Waals surface area (Å²) in [6, 6.07) is 2.32. The molecule has 0 amide bonds. The first-order valence-corrected chi connectivity index (χ1v) is 3.93. The van der Waals surface area contributed by atoms with Crippen LogP contribution >= 0.6 is 0 Å². The summed E-state index contributed by atoms with van der Waals surface area (Å²) in [5.74, 6) is 0.284. The third-order valence-electron chi connectivity index (χ3n) is 2.47. The van der Waals surface area contributed by atoms with Gasteiger partial charge in [-0.05, 0) is 25.7 Å². The van der Waals surface area contributed by atoms with Crippen molar-refractivity contribution in [2.24, 2.45) is 5.92 Å². The summed E-state index contributed by atoms with van der Waals surface area (Å²) in [6.07, 6.45) is 5.16. The summed E-state index contributed by atoms with van der Waals surface area (Å²) in [6.45, 7) is 0. The van der Waals surface area contributed by atoms with E-state index in [0.29, 0.717) is 12.2 Å². The number of rotatable bonds is 0. The molecule has 54 valence electrons. The van der Waals surface area contributed by atoms with Gasteiger partial charge in [0.15, 0.2) is 0 Å². The predicted octanol–water partition coefficient (Wildman–Crippen LogP) is 1.47. The average molecular weight is 137 g/mol. The average Bonchev–Trinajstić information content (AvgIpc) is 2.30. The molecule has 2 aliphatic heterocycles. The van der Waals surface area contributed by atoms with Crippen LogP contribution in [0.2, 0.25) is 0 Å². The van der Waals surface area contributed by atoms with E-state index in [1.54, 1.807) is 0 Å². The van der Waals surface area contributed by atoms with Crippen LogP contribution in [-0.2, 0) is 4.74 Å². The second-order valence-electron chi connectivity index (χ2n) is 3.25. The minimum absolute atomic E-state index is 0.284. The molecule has 2 unspecified atom stereocenters. The van der Waals surface area contributed by atoms with E-state index in [1.165, 1.54) is 12.8 Å². The lowest BCUT2D eigenvalue weighted by molar-refractivity contribution is -0.00832. The summed E-state index contributed by atoms with van der Waals surface area (Å²) in [7, 11) is 0. The van der Waals surface area contributed by atoms with Gasteiger partial charge in [-0.15, -0.1) is 0 Å². The fourth-order valence-corrected chi connectivity index (χ4v) is 1.96. The lowest BCUT2D eigenvalue weighted by atomic mass is 9.97. The molecule has 10 heavy (non-hydrogen) atoms. The Morgan fingerprint density at radius 2 is 1.80 bits per heavy atom. The summed E-state index contributed by atoms with van der Waals surface area (Å²) in [5.41, 5.74) is 0. The van der Waals surface area contributed by atoms with Crippen LogP contribution in [0.1, 0.15) is 25.7 Å². The molecule has 2 saturated heterocycles. The quantitative estimate of drug-likeness (QED) is 0.506. The molecule has 0 aliphatic carbocycles. The molecule has 2 aliphatic rings. The van der Waals surface area contributed by atoms with Crippen molar-refractivity contribution >= 4 is 0 Å². The van der Waals surface area contributed by atoms with E-state index < -0.39 is 0 Å². The first kappa shape index (κ1) is 6.18. The van der Waals surface area contributed by atoms with Gasteiger partial charge in [0.05, 0.1) is 24.2 Å². The fraction of sp³-hybridized carbons (Fsp3) is 0.875. The van der Waals surface area contributed by atoms with Crippen molar-refractivity contribution in [3.63, 3.8) is 0 Å². The fourth-order valence-electron chi connectivity index (χ4n) is 1.96. The van der Waals surface area contributed by atoms with Gasteiger partial charge in [0.1, 0.15) is 0 Å². The van der Waals surface area contributed by atoms with Crippen molar-refractivity contribution in [1.29, 1.82) is 5.26 Å². The zero-order valence-corrected chi connectivity index (χ0v) is 5.92. The molecule has 0 radical (unpaired) electrons. The maximum atomic E-state index is 8.65. The molecule has 0 spiro atoms. The number of fused-ring (bicyclic) bond motifs is 2. The summed E-state index contributed by atoms with van der Waals surface area (Å²) in [4.78, 5) is 0. The van der Waals surface area contributed by atoms with Gasteiger partial charge in [0, 0.05) is 0 Å². The third-order valence-corrected chi connectivity index (χ3v) is 2.47. The summed E-state index contributed by atoms with van der Waals surface area (Å²) in [5, 5.41) is 8.65. The maximum Gasteiger partial charge on any atom is 0.0657 e. The smallest absolute Gasteiger partial charge is 0.0657 e. The minimum Gasteiger partial charge on any atom is -0.375 e. The number of hydrogen-bond acceptors (Lipinski definition) is 2. The second kappa shape index (κ2) is 2.25. The molecule has 0 aromatic rings. The van der Waals surface area contributed by atoms with E-state index in [4.69, 9.17) is 10.00 Å². The zero-order chi connectivity index (χ0) is 6.97. The van der Waals surface area contributed by atoms with Crippen molar-refractivity contribution in [2.75, 3.05) is 0 Å². The Morgan fingerprint density at radius 3 is 2.30 bits per heavy atom. The molecular weight excluding hydrogens is 126 g/mol. The van der Waals surface area contributed by atoms with E-state index in [2.05, 4.69) is 6.07 Å².